The molecule has 0 spiro atoms. The van der Waals surface area contributed by atoms with Crippen molar-refractivity contribution < 1.29 is 14.0 Å². The van der Waals surface area contributed by atoms with Crippen LogP contribution in [0.1, 0.15) is 68.3 Å². The van der Waals surface area contributed by atoms with Gasteiger partial charge in [0.15, 0.2) is 0 Å². The lowest BCUT2D eigenvalue weighted by Crippen LogP contribution is -2.18. The van der Waals surface area contributed by atoms with E-state index in [4.69, 9.17) is 24.0 Å². The lowest BCUT2D eigenvalue weighted by atomic mass is 9.88. The average Bonchev–Trinajstić information content (AvgIpc) is 3.38. The van der Waals surface area contributed by atoms with Gasteiger partial charge in [0.2, 0.25) is 0 Å². The Morgan fingerprint density at radius 2 is 1.91 bits per heavy atom. The average molecular weight is 449 g/mol. The van der Waals surface area contributed by atoms with Gasteiger partial charge in [-0.05, 0) is 45.7 Å². The van der Waals surface area contributed by atoms with Crippen molar-refractivity contribution in [3.05, 3.63) is 35.6 Å². The monoisotopic (exact) mass is 448 g/mol. The highest BCUT2D eigenvalue weighted by atomic mass is 16.5. The standard InChI is InChI=1S/C26H32N4O3/c1-15(14-31-4)30-25-19-12-23(32-5)20(24-16(2)29-33-17(24)3)11-21(19)27-13-22(25)28-26(30)18-9-7-6-8-10-18/h11-13,15,18H,6-10,14H2,1-5H3/t15-/m1/s1. The summed E-state index contributed by atoms with van der Waals surface area (Å²) in [4.78, 5) is 9.93. The van der Waals surface area contributed by atoms with E-state index in [1.54, 1.807) is 14.2 Å². The SMILES string of the molecule is COC[C@@H](C)n1c(C2CCCCC2)nc2cnc3cc(-c4c(C)noc4C)c(OC)cc3c21. The first-order valence-corrected chi connectivity index (χ1v) is 11.8. The summed E-state index contributed by atoms with van der Waals surface area (Å²) >= 11 is 0. The number of pyridine rings is 1. The molecule has 7 heteroatoms. The minimum Gasteiger partial charge on any atom is -0.496 e. The van der Waals surface area contributed by atoms with Crippen LogP contribution in [0.4, 0.5) is 0 Å². The van der Waals surface area contributed by atoms with Crippen molar-refractivity contribution in [1.29, 1.82) is 0 Å². The molecule has 1 aromatic carbocycles. The number of hydrogen-bond acceptors (Lipinski definition) is 6. The Bertz CT molecular complexity index is 1280. The normalized spacial score (nSPS) is 16.0. The molecule has 0 saturated heterocycles. The quantitative estimate of drug-likeness (QED) is 0.354. The van der Waals surface area contributed by atoms with E-state index < -0.39 is 0 Å². The molecular weight excluding hydrogens is 416 g/mol. The predicted molar refractivity (Wildman–Crippen MR) is 129 cm³/mol. The van der Waals surface area contributed by atoms with Gasteiger partial charge in [0.25, 0.3) is 0 Å². The number of imidazole rings is 1. The molecule has 0 amide bonds. The molecule has 174 valence electrons. The van der Waals surface area contributed by atoms with E-state index in [-0.39, 0.29) is 6.04 Å². The van der Waals surface area contributed by atoms with Gasteiger partial charge >= 0.3 is 0 Å². The summed E-state index contributed by atoms with van der Waals surface area (Å²) in [7, 11) is 3.46. The molecule has 3 heterocycles. The summed E-state index contributed by atoms with van der Waals surface area (Å²) in [6.45, 7) is 6.71. The molecule has 0 aliphatic heterocycles. The van der Waals surface area contributed by atoms with Gasteiger partial charge in [-0.2, -0.15) is 0 Å². The van der Waals surface area contributed by atoms with Gasteiger partial charge in [-0.1, -0.05) is 24.4 Å². The van der Waals surface area contributed by atoms with E-state index >= 15 is 0 Å². The van der Waals surface area contributed by atoms with Gasteiger partial charge in [0.05, 0.1) is 48.2 Å². The number of aromatic nitrogens is 4. The van der Waals surface area contributed by atoms with Crippen LogP contribution < -0.4 is 4.74 Å². The molecule has 7 nitrogen and oxygen atoms in total. The van der Waals surface area contributed by atoms with Crippen LogP contribution in [0.2, 0.25) is 0 Å². The summed E-state index contributed by atoms with van der Waals surface area (Å²) in [6, 6.07) is 4.34. The predicted octanol–water partition coefficient (Wildman–Crippen LogP) is 6.12. The maximum Gasteiger partial charge on any atom is 0.141 e. The third-order valence-corrected chi connectivity index (χ3v) is 6.99. The van der Waals surface area contributed by atoms with Crippen LogP contribution in [-0.4, -0.2) is 40.5 Å². The first kappa shape index (κ1) is 21.9. The van der Waals surface area contributed by atoms with Crippen LogP contribution >= 0.6 is 0 Å². The smallest absolute Gasteiger partial charge is 0.141 e. The Morgan fingerprint density at radius 3 is 2.58 bits per heavy atom. The van der Waals surface area contributed by atoms with Crippen LogP contribution in [0.3, 0.4) is 0 Å². The van der Waals surface area contributed by atoms with Crippen molar-refractivity contribution in [2.45, 2.75) is 64.8 Å². The van der Waals surface area contributed by atoms with Gasteiger partial charge in [-0.15, -0.1) is 0 Å². The Morgan fingerprint density at radius 1 is 1.12 bits per heavy atom. The zero-order valence-electron chi connectivity index (χ0n) is 20.1. The lowest BCUT2D eigenvalue weighted by molar-refractivity contribution is 0.161. The molecule has 5 rings (SSSR count). The van der Waals surface area contributed by atoms with Gasteiger partial charge in [-0.25, -0.2) is 4.98 Å². The lowest BCUT2D eigenvalue weighted by Gasteiger charge is -2.25. The van der Waals surface area contributed by atoms with Crippen LogP contribution in [-0.2, 0) is 4.74 Å². The molecule has 33 heavy (non-hydrogen) atoms. The second kappa shape index (κ2) is 8.78. The van der Waals surface area contributed by atoms with E-state index in [0.29, 0.717) is 12.5 Å². The Kier molecular flexibility index (Phi) is 5.83. The number of fused-ring (bicyclic) bond motifs is 3. The highest BCUT2D eigenvalue weighted by Crippen LogP contribution is 2.41. The molecule has 0 bridgehead atoms. The number of benzene rings is 1. The second-order valence-corrected chi connectivity index (χ2v) is 9.24. The Balaban J connectivity index is 1.78. The van der Waals surface area contributed by atoms with Crippen LogP contribution in [0.5, 0.6) is 5.75 Å². The number of rotatable bonds is 6. The molecule has 4 aromatic rings. The van der Waals surface area contributed by atoms with Crippen molar-refractivity contribution in [3.63, 3.8) is 0 Å². The molecule has 1 atom stereocenters. The molecule has 0 N–H and O–H groups in total. The third-order valence-electron chi connectivity index (χ3n) is 6.99. The van der Waals surface area contributed by atoms with E-state index in [0.717, 1.165) is 56.1 Å². The van der Waals surface area contributed by atoms with Crippen molar-refractivity contribution in [2.24, 2.45) is 0 Å². The van der Waals surface area contributed by atoms with Crippen molar-refractivity contribution in [2.75, 3.05) is 20.8 Å². The van der Waals surface area contributed by atoms with E-state index in [1.165, 1.54) is 32.1 Å². The van der Waals surface area contributed by atoms with E-state index in [9.17, 15) is 0 Å². The fraction of sp³-hybridized carbons (Fsp3) is 0.500. The van der Waals surface area contributed by atoms with Crippen LogP contribution in [0.15, 0.2) is 22.9 Å². The number of methoxy groups -OCH3 is 2. The number of ether oxygens (including phenoxy) is 2. The topological polar surface area (TPSA) is 75.2 Å². The summed E-state index contributed by atoms with van der Waals surface area (Å²) in [5.41, 5.74) is 5.67. The van der Waals surface area contributed by atoms with E-state index in [1.807, 2.05) is 20.0 Å². The molecule has 1 saturated carbocycles. The minimum atomic E-state index is 0.163. The molecule has 1 fully saturated rings. The fourth-order valence-corrected chi connectivity index (χ4v) is 5.46. The first-order valence-electron chi connectivity index (χ1n) is 11.8. The first-order chi connectivity index (χ1) is 16.0. The molecule has 0 unspecified atom stereocenters. The molecule has 1 aliphatic carbocycles. The summed E-state index contributed by atoms with van der Waals surface area (Å²) in [5.74, 6) is 3.18. The number of nitrogens with zero attached hydrogens (tertiary/aromatic N) is 4. The van der Waals surface area contributed by atoms with Gasteiger partial charge in [0, 0.05) is 24.0 Å². The molecule has 0 radical (unpaired) electrons. The van der Waals surface area contributed by atoms with Crippen molar-refractivity contribution >= 4 is 21.9 Å². The van der Waals surface area contributed by atoms with E-state index in [2.05, 4.69) is 28.8 Å². The highest BCUT2D eigenvalue weighted by Gasteiger charge is 2.27. The molecule has 3 aromatic heterocycles. The number of hydrogen-bond donors (Lipinski definition) is 0. The van der Waals surface area contributed by atoms with Gasteiger partial charge in [-0.3, -0.25) is 4.98 Å². The summed E-state index contributed by atoms with van der Waals surface area (Å²) in [5, 5.41) is 5.17. The summed E-state index contributed by atoms with van der Waals surface area (Å²) in [6.07, 6.45) is 8.13. The second-order valence-electron chi connectivity index (χ2n) is 9.24. The Hall–Kier alpha value is -2.93. The maximum absolute atomic E-state index is 5.86. The van der Waals surface area contributed by atoms with Crippen LogP contribution in [0, 0.1) is 13.8 Å². The van der Waals surface area contributed by atoms with Gasteiger partial charge < -0.3 is 18.6 Å². The Labute approximate surface area is 194 Å². The zero-order valence-corrected chi connectivity index (χ0v) is 20.1. The van der Waals surface area contributed by atoms with Crippen molar-refractivity contribution in [1.82, 2.24) is 19.7 Å². The maximum atomic E-state index is 5.86. The minimum absolute atomic E-state index is 0.163. The molecule has 1 aliphatic rings. The zero-order chi connectivity index (χ0) is 23.1. The third kappa shape index (κ3) is 3.68. The van der Waals surface area contributed by atoms with Crippen molar-refractivity contribution in [3.8, 4) is 16.9 Å². The largest absolute Gasteiger partial charge is 0.496 e. The number of aryl methyl sites for hydroxylation is 2. The highest BCUT2D eigenvalue weighted by molar-refractivity contribution is 6.05. The summed E-state index contributed by atoms with van der Waals surface area (Å²) < 4.78 is 19.2. The van der Waals surface area contributed by atoms with Gasteiger partial charge in [0.1, 0.15) is 22.9 Å². The molecular formula is C26H32N4O3. The fourth-order valence-electron chi connectivity index (χ4n) is 5.46. The van der Waals surface area contributed by atoms with Crippen LogP contribution in [0.25, 0.3) is 33.1 Å².